The Hall–Kier alpha value is -2.62. The van der Waals surface area contributed by atoms with Crippen molar-refractivity contribution in [2.24, 2.45) is 0 Å². The summed E-state index contributed by atoms with van der Waals surface area (Å²) in [5, 5.41) is 0. The van der Waals surface area contributed by atoms with Gasteiger partial charge >= 0.3 is 0 Å². The van der Waals surface area contributed by atoms with Crippen LogP contribution in [0.3, 0.4) is 0 Å². The summed E-state index contributed by atoms with van der Waals surface area (Å²) in [6.07, 6.45) is 5.54. The molecule has 0 unspecified atom stereocenters. The van der Waals surface area contributed by atoms with Crippen LogP contribution in [0.2, 0.25) is 0 Å². The van der Waals surface area contributed by atoms with Crippen LogP contribution < -0.4 is 0 Å². The van der Waals surface area contributed by atoms with Gasteiger partial charge in [0.05, 0.1) is 12.3 Å². The Morgan fingerprint density at radius 1 is 0.833 bits per heavy atom. The average Bonchev–Trinajstić information content (AvgIpc) is 3.43. The van der Waals surface area contributed by atoms with Gasteiger partial charge in [0.1, 0.15) is 0 Å². The molecule has 0 saturated carbocycles. The lowest BCUT2D eigenvalue weighted by atomic mass is 9.73. The minimum atomic E-state index is -0.00845. The van der Waals surface area contributed by atoms with E-state index in [9.17, 15) is 9.59 Å². The number of carbonyl (C=O) groups excluding carboxylic acids is 2. The zero-order valence-corrected chi connectivity index (χ0v) is 17.6. The fourth-order valence-corrected chi connectivity index (χ4v) is 5.81. The molecule has 2 aromatic carbocycles. The van der Waals surface area contributed by atoms with E-state index in [1.54, 1.807) is 0 Å². The third-order valence-electron chi connectivity index (χ3n) is 7.49. The normalized spacial score (nSPS) is 22.3. The summed E-state index contributed by atoms with van der Waals surface area (Å²) in [6, 6.07) is 18.6. The maximum absolute atomic E-state index is 13.3. The zero-order chi connectivity index (χ0) is 20.6. The molecular weight excluding hydrogens is 372 g/mol. The summed E-state index contributed by atoms with van der Waals surface area (Å²) in [7, 11) is 0. The number of carbonyl (C=O) groups is 2. The molecule has 3 aliphatic rings. The van der Waals surface area contributed by atoms with Crippen molar-refractivity contribution >= 4 is 11.8 Å². The quantitative estimate of drug-likeness (QED) is 0.781. The van der Waals surface area contributed by atoms with Gasteiger partial charge < -0.3 is 9.80 Å². The molecule has 1 spiro atoms. The predicted octanol–water partition coefficient (Wildman–Crippen LogP) is 3.90. The minimum absolute atomic E-state index is 0.00845. The molecule has 0 aromatic heterocycles. The van der Waals surface area contributed by atoms with Gasteiger partial charge in [-0.2, -0.15) is 0 Å². The van der Waals surface area contributed by atoms with E-state index in [1.165, 1.54) is 11.1 Å². The van der Waals surface area contributed by atoms with Crippen molar-refractivity contribution in [2.75, 3.05) is 26.2 Å². The largest absolute Gasteiger partial charge is 0.342 e. The summed E-state index contributed by atoms with van der Waals surface area (Å²) in [6.45, 7) is 3.38. The molecule has 2 aliphatic heterocycles. The molecule has 2 saturated heterocycles. The Labute approximate surface area is 178 Å². The van der Waals surface area contributed by atoms with Crippen LogP contribution in [0.4, 0.5) is 0 Å². The molecule has 4 heteroatoms. The molecule has 2 fully saturated rings. The van der Waals surface area contributed by atoms with Crippen molar-refractivity contribution in [2.45, 2.75) is 49.9 Å². The number of amides is 2. The molecule has 2 heterocycles. The van der Waals surface area contributed by atoms with E-state index in [4.69, 9.17) is 0 Å². The van der Waals surface area contributed by atoms with Crippen molar-refractivity contribution in [1.82, 2.24) is 9.80 Å². The number of benzene rings is 2. The third kappa shape index (κ3) is 3.42. The number of rotatable bonds is 3. The summed E-state index contributed by atoms with van der Waals surface area (Å²) in [4.78, 5) is 30.2. The molecule has 5 rings (SSSR count). The van der Waals surface area contributed by atoms with Gasteiger partial charge in [0.2, 0.25) is 11.8 Å². The fourth-order valence-electron chi connectivity index (χ4n) is 5.81. The Kier molecular flexibility index (Phi) is 5.10. The van der Waals surface area contributed by atoms with Gasteiger partial charge in [0, 0.05) is 31.6 Å². The minimum Gasteiger partial charge on any atom is -0.342 e. The van der Waals surface area contributed by atoms with E-state index in [0.717, 1.165) is 63.8 Å². The summed E-state index contributed by atoms with van der Waals surface area (Å²) >= 11 is 0. The van der Waals surface area contributed by atoms with Crippen LogP contribution in [0.5, 0.6) is 0 Å². The van der Waals surface area contributed by atoms with Gasteiger partial charge in [-0.1, -0.05) is 54.6 Å². The Morgan fingerprint density at radius 3 is 2.23 bits per heavy atom. The second-order valence-corrected chi connectivity index (χ2v) is 9.20. The molecule has 4 nitrogen and oxygen atoms in total. The SMILES string of the molecule is O=C(Cc1ccccc1)N1CCC2(CC1)C[C@H](C(=O)N1CCCC1)c1ccccc12. The lowest BCUT2D eigenvalue weighted by Gasteiger charge is -2.40. The highest BCUT2D eigenvalue weighted by atomic mass is 16.2. The smallest absolute Gasteiger partial charge is 0.230 e. The maximum atomic E-state index is 13.3. The van der Waals surface area contributed by atoms with Gasteiger partial charge in [-0.05, 0) is 48.8 Å². The number of hydrogen-bond donors (Lipinski definition) is 0. The molecule has 0 N–H and O–H groups in total. The first-order valence-electron chi connectivity index (χ1n) is 11.4. The van der Waals surface area contributed by atoms with E-state index < -0.39 is 0 Å². The van der Waals surface area contributed by atoms with Crippen molar-refractivity contribution in [3.8, 4) is 0 Å². The van der Waals surface area contributed by atoms with Crippen molar-refractivity contribution in [1.29, 1.82) is 0 Å². The summed E-state index contributed by atoms with van der Waals surface area (Å²) in [5.74, 6) is 0.525. The van der Waals surface area contributed by atoms with Gasteiger partial charge in [-0.15, -0.1) is 0 Å². The van der Waals surface area contributed by atoms with Crippen LogP contribution in [0.25, 0.3) is 0 Å². The predicted molar refractivity (Wildman–Crippen MR) is 117 cm³/mol. The first kappa shape index (κ1) is 19.3. The lowest BCUT2D eigenvalue weighted by molar-refractivity contribution is -0.134. The Morgan fingerprint density at radius 2 is 1.50 bits per heavy atom. The number of piperidine rings is 1. The maximum Gasteiger partial charge on any atom is 0.230 e. The van der Waals surface area contributed by atoms with Crippen LogP contribution in [-0.2, 0) is 21.4 Å². The second kappa shape index (κ2) is 7.90. The van der Waals surface area contributed by atoms with E-state index in [2.05, 4.69) is 29.2 Å². The number of hydrogen-bond acceptors (Lipinski definition) is 2. The van der Waals surface area contributed by atoms with Gasteiger partial charge in [0.15, 0.2) is 0 Å². The van der Waals surface area contributed by atoms with Crippen LogP contribution in [0.1, 0.15) is 54.7 Å². The van der Waals surface area contributed by atoms with Crippen LogP contribution in [0.15, 0.2) is 54.6 Å². The highest BCUT2D eigenvalue weighted by Gasteiger charge is 2.48. The van der Waals surface area contributed by atoms with Crippen LogP contribution in [-0.4, -0.2) is 47.8 Å². The van der Waals surface area contributed by atoms with Gasteiger partial charge in [-0.25, -0.2) is 0 Å². The third-order valence-corrected chi connectivity index (χ3v) is 7.49. The molecule has 1 aliphatic carbocycles. The summed E-state index contributed by atoms with van der Waals surface area (Å²) < 4.78 is 0. The summed E-state index contributed by atoms with van der Waals surface area (Å²) in [5.41, 5.74) is 3.71. The topological polar surface area (TPSA) is 40.6 Å². The average molecular weight is 403 g/mol. The monoisotopic (exact) mass is 402 g/mol. The molecule has 30 heavy (non-hydrogen) atoms. The highest BCUT2D eigenvalue weighted by molar-refractivity contribution is 5.86. The van der Waals surface area contributed by atoms with E-state index in [-0.39, 0.29) is 17.2 Å². The number of likely N-dealkylation sites (tertiary alicyclic amines) is 2. The highest BCUT2D eigenvalue weighted by Crippen LogP contribution is 2.52. The van der Waals surface area contributed by atoms with E-state index in [0.29, 0.717) is 12.3 Å². The standard InChI is InChI=1S/C26H30N2O2/c29-24(18-20-8-2-1-3-9-20)27-16-12-26(13-17-27)19-22(21-10-4-5-11-23(21)26)25(30)28-14-6-7-15-28/h1-5,8-11,22H,6-7,12-19H2/t22-/m0/s1. The van der Waals surface area contributed by atoms with Gasteiger partial charge in [-0.3, -0.25) is 9.59 Å². The molecule has 2 amide bonds. The molecule has 0 bridgehead atoms. The first-order valence-corrected chi connectivity index (χ1v) is 11.4. The van der Waals surface area contributed by atoms with Crippen LogP contribution >= 0.6 is 0 Å². The first-order chi connectivity index (χ1) is 14.7. The molecule has 156 valence electrons. The van der Waals surface area contributed by atoms with Gasteiger partial charge in [0.25, 0.3) is 0 Å². The van der Waals surface area contributed by atoms with Crippen LogP contribution in [0, 0.1) is 0 Å². The van der Waals surface area contributed by atoms with Crippen molar-refractivity contribution in [3.63, 3.8) is 0 Å². The van der Waals surface area contributed by atoms with Crippen molar-refractivity contribution < 1.29 is 9.59 Å². The lowest BCUT2D eigenvalue weighted by Crippen LogP contribution is -2.45. The fraction of sp³-hybridized carbons (Fsp3) is 0.462. The Balaban J connectivity index is 1.31. The molecule has 2 aromatic rings. The number of nitrogens with zero attached hydrogens (tertiary/aromatic N) is 2. The molecule has 1 atom stereocenters. The number of fused-ring (bicyclic) bond motifs is 2. The second-order valence-electron chi connectivity index (χ2n) is 9.20. The van der Waals surface area contributed by atoms with Crippen molar-refractivity contribution in [3.05, 3.63) is 71.3 Å². The van der Waals surface area contributed by atoms with E-state index >= 15 is 0 Å². The molecule has 0 radical (unpaired) electrons. The zero-order valence-electron chi connectivity index (χ0n) is 17.6. The van der Waals surface area contributed by atoms with E-state index in [1.807, 2.05) is 35.2 Å². The Bertz CT molecular complexity index is 925. The molecular formula is C26H30N2O2.